The van der Waals surface area contributed by atoms with Crippen LogP contribution in [0.5, 0.6) is 0 Å². The SMILES string of the molecule is CC(C)=C(N=CC(C)C)C(F)(F)C(=O)c1ccc(F)cc1F. The minimum Gasteiger partial charge on any atom is -0.287 e. The van der Waals surface area contributed by atoms with Crippen molar-refractivity contribution in [1.29, 1.82) is 0 Å². The zero-order chi connectivity index (χ0) is 17.1. The summed E-state index contributed by atoms with van der Waals surface area (Å²) in [5.41, 5.74) is -1.46. The number of alkyl halides is 2. The molecule has 0 saturated carbocycles. The Morgan fingerprint density at radius 2 is 1.82 bits per heavy atom. The number of aliphatic imine (C=N–C) groups is 1. The summed E-state index contributed by atoms with van der Waals surface area (Å²) in [5.74, 6) is -8.11. The maximum Gasteiger partial charge on any atom is 0.351 e. The van der Waals surface area contributed by atoms with Crippen molar-refractivity contribution in [3.8, 4) is 0 Å². The third kappa shape index (κ3) is 4.02. The molecular formula is C16H17F4NO. The van der Waals surface area contributed by atoms with Crippen molar-refractivity contribution < 1.29 is 22.4 Å². The van der Waals surface area contributed by atoms with E-state index in [0.717, 1.165) is 6.07 Å². The lowest BCUT2D eigenvalue weighted by Gasteiger charge is -2.18. The van der Waals surface area contributed by atoms with Crippen LogP contribution in [0.15, 0.2) is 34.5 Å². The Kier molecular flexibility index (Phi) is 5.63. The lowest BCUT2D eigenvalue weighted by molar-refractivity contribution is 0.0305. The van der Waals surface area contributed by atoms with Gasteiger partial charge in [-0.1, -0.05) is 13.8 Å². The van der Waals surface area contributed by atoms with Crippen molar-refractivity contribution >= 4 is 12.0 Å². The van der Waals surface area contributed by atoms with Crippen molar-refractivity contribution in [2.75, 3.05) is 0 Å². The minimum absolute atomic E-state index is 0.0946. The predicted molar refractivity (Wildman–Crippen MR) is 77.3 cm³/mol. The van der Waals surface area contributed by atoms with E-state index >= 15 is 0 Å². The Morgan fingerprint density at radius 3 is 2.27 bits per heavy atom. The Labute approximate surface area is 126 Å². The van der Waals surface area contributed by atoms with Crippen LogP contribution in [0, 0.1) is 17.6 Å². The predicted octanol–water partition coefficient (Wildman–Crippen LogP) is 4.80. The highest BCUT2D eigenvalue weighted by Crippen LogP contribution is 2.32. The molecule has 120 valence electrons. The average molecular weight is 315 g/mol. The van der Waals surface area contributed by atoms with E-state index < -0.39 is 34.6 Å². The van der Waals surface area contributed by atoms with Crippen LogP contribution in [0.2, 0.25) is 0 Å². The van der Waals surface area contributed by atoms with Crippen LogP contribution in [0.1, 0.15) is 38.1 Å². The van der Waals surface area contributed by atoms with Gasteiger partial charge in [0.05, 0.1) is 5.56 Å². The first kappa shape index (κ1) is 18.1. The van der Waals surface area contributed by atoms with Crippen LogP contribution in [0.4, 0.5) is 17.6 Å². The van der Waals surface area contributed by atoms with Gasteiger partial charge in [-0.05, 0) is 37.5 Å². The summed E-state index contributed by atoms with van der Waals surface area (Å²) in [6.45, 7) is 6.25. The number of rotatable bonds is 5. The van der Waals surface area contributed by atoms with Gasteiger partial charge < -0.3 is 0 Å². The molecule has 0 bridgehead atoms. The third-order valence-corrected chi connectivity index (χ3v) is 2.73. The molecule has 0 N–H and O–H groups in total. The highest BCUT2D eigenvalue weighted by Gasteiger charge is 2.45. The first-order valence-electron chi connectivity index (χ1n) is 6.67. The van der Waals surface area contributed by atoms with E-state index in [0.29, 0.717) is 12.1 Å². The number of nitrogens with zero attached hydrogens (tertiary/aromatic N) is 1. The van der Waals surface area contributed by atoms with Crippen LogP contribution in [0.25, 0.3) is 0 Å². The van der Waals surface area contributed by atoms with Crippen molar-refractivity contribution in [3.63, 3.8) is 0 Å². The molecule has 1 aromatic rings. The zero-order valence-electron chi connectivity index (χ0n) is 12.8. The molecule has 1 aromatic carbocycles. The summed E-state index contributed by atoms with van der Waals surface area (Å²) < 4.78 is 55.1. The lowest BCUT2D eigenvalue weighted by Crippen LogP contribution is -2.32. The molecule has 22 heavy (non-hydrogen) atoms. The van der Waals surface area contributed by atoms with Gasteiger partial charge in [0.15, 0.2) is 0 Å². The molecule has 0 fully saturated rings. The summed E-state index contributed by atoms with van der Waals surface area (Å²) >= 11 is 0. The van der Waals surface area contributed by atoms with Crippen LogP contribution >= 0.6 is 0 Å². The molecule has 0 aliphatic heterocycles. The molecule has 0 aliphatic rings. The Bertz CT molecular complexity index is 629. The van der Waals surface area contributed by atoms with Crippen molar-refractivity contribution in [2.45, 2.75) is 33.6 Å². The van der Waals surface area contributed by atoms with Crippen LogP contribution < -0.4 is 0 Å². The largest absolute Gasteiger partial charge is 0.351 e. The van der Waals surface area contributed by atoms with Gasteiger partial charge in [-0.25, -0.2) is 8.78 Å². The van der Waals surface area contributed by atoms with Gasteiger partial charge in [-0.3, -0.25) is 9.79 Å². The normalized spacial score (nSPS) is 12.0. The topological polar surface area (TPSA) is 29.4 Å². The number of allylic oxidation sites excluding steroid dienone is 2. The minimum atomic E-state index is -4.00. The second kappa shape index (κ2) is 6.85. The summed E-state index contributed by atoms with van der Waals surface area (Å²) in [4.78, 5) is 15.6. The monoisotopic (exact) mass is 315 g/mol. The van der Waals surface area contributed by atoms with Crippen LogP contribution in [-0.4, -0.2) is 17.9 Å². The Balaban J connectivity index is 3.31. The molecule has 2 nitrogen and oxygen atoms in total. The van der Waals surface area contributed by atoms with Gasteiger partial charge in [-0.15, -0.1) is 0 Å². The fourth-order valence-corrected chi connectivity index (χ4v) is 1.70. The number of halogens is 4. The molecule has 0 heterocycles. The number of ketones is 1. The summed E-state index contributed by atoms with van der Waals surface area (Å²) in [7, 11) is 0. The summed E-state index contributed by atoms with van der Waals surface area (Å²) in [6.07, 6.45) is 1.28. The van der Waals surface area contributed by atoms with E-state index in [1.807, 2.05) is 0 Å². The maximum atomic E-state index is 14.4. The maximum absolute atomic E-state index is 14.4. The van der Waals surface area contributed by atoms with E-state index in [1.54, 1.807) is 13.8 Å². The number of carbonyl (C=O) groups excluding carboxylic acids is 1. The Morgan fingerprint density at radius 1 is 1.23 bits per heavy atom. The van der Waals surface area contributed by atoms with Gasteiger partial charge in [0.2, 0.25) is 5.78 Å². The quantitative estimate of drug-likeness (QED) is 0.436. The van der Waals surface area contributed by atoms with Gasteiger partial charge >= 0.3 is 5.92 Å². The number of hydrogen-bond donors (Lipinski definition) is 0. The second-order valence-corrected chi connectivity index (χ2v) is 5.40. The molecule has 0 aliphatic carbocycles. The molecule has 6 heteroatoms. The van der Waals surface area contributed by atoms with E-state index in [-0.39, 0.29) is 11.5 Å². The Hall–Kier alpha value is -1.98. The fourth-order valence-electron chi connectivity index (χ4n) is 1.70. The molecule has 0 aromatic heterocycles. The first-order valence-corrected chi connectivity index (χ1v) is 6.67. The van der Waals surface area contributed by atoms with Crippen molar-refractivity contribution in [3.05, 3.63) is 46.7 Å². The molecule has 0 amide bonds. The van der Waals surface area contributed by atoms with E-state index in [2.05, 4.69) is 4.99 Å². The number of carbonyl (C=O) groups is 1. The molecule has 0 unspecified atom stereocenters. The number of hydrogen-bond acceptors (Lipinski definition) is 2. The molecule has 0 saturated heterocycles. The highest BCUT2D eigenvalue weighted by atomic mass is 19.3. The second-order valence-electron chi connectivity index (χ2n) is 5.40. The molecule has 0 atom stereocenters. The average Bonchev–Trinajstić information content (AvgIpc) is 2.37. The smallest absolute Gasteiger partial charge is 0.287 e. The zero-order valence-corrected chi connectivity index (χ0v) is 12.8. The van der Waals surface area contributed by atoms with Gasteiger partial charge in [-0.2, -0.15) is 8.78 Å². The first-order chi connectivity index (χ1) is 10.1. The van der Waals surface area contributed by atoms with E-state index in [4.69, 9.17) is 0 Å². The van der Waals surface area contributed by atoms with Gasteiger partial charge in [0.1, 0.15) is 17.3 Å². The van der Waals surface area contributed by atoms with Gasteiger partial charge in [0, 0.05) is 12.3 Å². The third-order valence-electron chi connectivity index (χ3n) is 2.73. The number of Topliss-reactive ketones (excluding diaryl/α,β-unsaturated/α-hetero) is 1. The molecule has 0 spiro atoms. The van der Waals surface area contributed by atoms with Crippen LogP contribution in [0.3, 0.4) is 0 Å². The van der Waals surface area contributed by atoms with E-state index in [1.165, 1.54) is 20.1 Å². The number of benzene rings is 1. The fraction of sp³-hybridized carbons (Fsp3) is 0.375. The van der Waals surface area contributed by atoms with Gasteiger partial charge in [0.25, 0.3) is 0 Å². The van der Waals surface area contributed by atoms with Crippen LogP contribution in [-0.2, 0) is 0 Å². The lowest BCUT2D eigenvalue weighted by atomic mass is 10.00. The molecular weight excluding hydrogens is 298 g/mol. The highest BCUT2D eigenvalue weighted by molar-refractivity contribution is 6.03. The summed E-state index contributed by atoms with van der Waals surface area (Å²) in [5, 5.41) is 0. The van der Waals surface area contributed by atoms with Crippen molar-refractivity contribution in [1.82, 2.24) is 0 Å². The van der Waals surface area contributed by atoms with E-state index in [9.17, 15) is 22.4 Å². The molecule has 0 radical (unpaired) electrons. The van der Waals surface area contributed by atoms with Crippen molar-refractivity contribution in [2.24, 2.45) is 10.9 Å². The molecule has 1 rings (SSSR count). The summed E-state index contributed by atoms with van der Waals surface area (Å²) in [6, 6.07) is 1.85. The standard InChI is InChI=1S/C16H17F4NO/c1-9(2)8-21-14(10(3)4)16(19,20)15(22)12-6-5-11(17)7-13(12)18/h5-9H,1-4H3.